The molecule has 1 fully saturated rings. The van der Waals surface area contributed by atoms with Crippen molar-refractivity contribution in [1.29, 1.82) is 0 Å². The smallest absolute Gasteiger partial charge is 0.319 e. The average molecular weight is 540 g/mol. The summed E-state index contributed by atoms with van der Waals surface area (Å²) in [6.07, 6.45) is 0.210. The van der Waals surface area contributed by atoms with Crippen LogP contribution in [-0.4, -0.2) is 79.7 Å². The second kappa shape index (κ2) is 11.9. The number of nitrogen functional groups attached to an aromatic ring is 1. The van der Waals surface area contributed by atoms with Gasteiger partial charge in [0.25, 0.3) is 0 Å². The van der Waals surface area contributed by atoms with E-state index in [4.69, 9.17) is 10.5 Å². The van der Waals surface area contributed by atoms with E-state index in [1.165, 1.54) is 11.9 Å². The Balaban J connectivity index is 1.27. The summed E-state index contributed by atoms with van der Waals surface area (Å²) in [7, 11) is 0. The van der Waals surface area contributed by atoms with Gasteiger partial charge in [-0.05, 0) is 49.4 Å². The normalized spacial score (nSPS) is 21.7. The van der Waals surface area contributed by atoms with Gasteiger partial charge in [-0.1, -0.05) is 32.9 Å². The zero-order valence-corrected chi connectivity index (χ0v) is 23.3. The van der Waals surface area contributed by atoms with E-state index in [0.29, 0.717) is 42.9 Å². The summed E-state index contributed by atoms with van der Waals surface area (Å²) in [5.41, 5.74) is 8.48. The zero-order valence-electron chi connectivity index (χ0n) is 23.3. The van der Waals surface area contributed by atoms with Gasteiger partial charge >= 0.3 is 6.03 Å². The van der Waals surface area contributed by atoms with E-state index < -0.39 is 24.5 Å². The van der Waals surface area contributed by atoms with Gasteiger partial charge in [0.15, 0.2) is 6.23 Å². The Morgan fingerprint density at radius 3 is 2.54 bits per heavy atom. The van der Waals surface area contributed by atoms with Gasteiger partial charge in [-0.25, -0.2) is 14.8 Å². The molecule has 0 bridgehead atoms. The van der Waals surface area contributed by atoms with Crippen LogP contribution in [0.2, 0.25) is 0 Å². The van der Waals surface area contributed by atoms with Crippen LogP contribution < -0.4 is 16.4 Å². The largest absolute Gasteiger partial charge is 0.387 e. The molecular formula is C28H41N7O4. The van der Waals surface area contributed by atoms with E-state index >= 15 is 0 Å². The molecule has 3 heterocycles. The van der Waals surface area contributed by atoms with Crippen LogP contribution >= 0.6 is 0 Å². The Morgan fingerprint density at radius 2 is 1.87 bits per heavy atom. The van der Waals surface area contributed by atoms with Crippen molar-refractivity contribution >= 4 is 28.6 Å². The number of anilines is 2. The Labute approximate surface area is 229 Å². The minimum atomic E-state index is -1.13. The number of carbonyl (C=O) groups excluding carboxylic acids is 1. The molecule has 0 saturated carbocycles. The summed E-state index contributed by atoms with van der Waals surface area (Å²) < 4.78 is 7.82. The van der Waals surface area contributed by atoms with Gasteiger partial charge in [-0.3, -0.25) is 4.90 Å². The van der Waals surface area contributed by atoms with Crippen molar-refractivity contribution in [3.63, 3.8) is 0 Å². The van der Waals surface area contributed by atoms with Crippen molar-refractivity contribution < 1.29 is 19.7 Å². The van der Waals surface area contributed by atoms with Crippen molar-refractivity contribution in [2.75, 3.05) is 30.7 Å². The van der Waals surface area contributed by atoms with Gasteiger partial charge in [0.2, 0.25) is 0 Å². The van der Waals surface area contributed by atoms with Crippen molar-refractivity contribution in [1.82, 2.24) is 24.8 Å². The van der Waals surface area contributed by atoms with Gasteiger partial charge in [0.1, 0.15) is 36.1 Å². The molecule has 0 aliphatic carbocycles. The van der Waals surface area contributed by atoms with Crippen molar-refractivity contribution in [2.45, 2.75) is 77.0 Å². The number of fused-ring (bicyclic) bond motifs is 1. The van der Waals surface area contributed by atoms with E-state index in [2.05, 4.69) is 60.1 Å². The fourth-order valence-corrected chi connectivity index (χ4v) is 4.81. The first-order valence-electron chi connectivity index (χ1n) is 13.4. The molecule has 3 unspecified atom stereocenters. The number of aliphatic hydroxyl groups excluding tert-OH is 2. The predicted octanol–water partition coefficient (Wildman–Crippen LogP) is 2.85. The first-order chi connectivity index (χ1) is 18.5. The van der Waals surface area contributed by atoms with E-state index in [-0.39, 0.29) is 17.5 Å². The van der Waals surface area contributed by atoms with Crippen LogP contribution in [-0.2, 0) is 10.2 Å². The van der Waals surface area contributed by atoms with Crippen LogP contribution in [0.3, 0.4) is 0 Å². The molecule has 1 aromatic carbocycles. The summed E-state index contributed by atoms with van der Waals surface area (Å²) in [5, 5.41) is 28.0. The lowest BCUT2D eigenvalue weighted by molar-refractivity contribution is -0.0465. The molecule has 1 saturated heterocycles. The van der Waals surface area contributed by atoms with E-state index in [1.807, 2.05) is 24.3 Å². The maximum absolute atomic E-state index is 12.4. The molecule has 6 N–H and O–H groups in total. The Bertz CT molecular complexity index is 1260. The highest BCUT2D eigenvalue weighted by atomic mass is 16.6. The monoisotopic (exact) mass is 539 g/mol. The van der Waals surface area contributed by atoms with Crippen LogP contribution in [0, 0.1) is 0 Å². The molecule has 11 nitrogen and oxygen atoms in total. The number of aliphatic hydroxyl groups is 2. The van der Waals surface area contributed by atoms with Crippen LogP contribution in [0.25, 0.3) is 11.0 Å². The van der Waals surface area contributed by atoms with Gasteiger partial charge < -0.3 is 35.9 Å². The average Bonchev–Trinajstić information content (AvgIpc) is 3.42. The van der Waals surface area contributed by atoms with Crippen LogP contribution in [0.4, 0.5) is 16.3 Å². The Kier molecular flexibility index (Phi) is 8.75. The molecule has 4 rings (SSSR count). The second-order valence-electron chi connectivity index (χ2n) is 11.4. The number of aromatic nitrogens is 3. The third-order valence-corrected chi connectivity index (χ3v) is 7.21. The number of nitrogens with zero attached hydrogens (tertiary/aromatic N) is 4. The lowest BCUT2D eigenvalue weighted by atomic mass is 9.87. The number of amides is 2. The Morgan fingerprint density at radius 1 is 1.15 bits per heavy atom. The quantitative estimate of drug-likeness (QED) is 0.261. The fourth-order valence-electron chi connectivity index (χ4n) is 4.81. The highest BCUT2D eigenvalue weighted by Gasteiger charge is 2.44. The molecule has 3 aromatic rings. The number of carbonyl (C=O) groups is 1. The maximum atomic E-state index is 12.4. The number of hydrogen-bond acceptors (Lipinski definition) is 8. The van der Waals surface area contributed by atoms with Gasteiger partial charge in [0.05, 0.1) is 5.39 Å². The molecule has 2 amide bonds. The SMILES string of the molecule is CC(C)N(CCCNC(=O)Nc1ccc(C(C)(C)C)cc1)C[C@H]1OC(n2ccc3c(N)ncnc32)C(O)C1O. The summed E-state index contributed by atoms with van der Waals surface area (Å²) in [5.74, 6) is 0.343. The van der Waals surface area contributed by atoms with E-state index in [9.17, 15) is 15.0 Å². The number of urea groups is 1. The summed E-state index contributed by atoms with van der Waals surface area (Å²) in [4.78, 5) is 22.8. The van der Waals surface area contributed by atoms with Crippen LogP contribution in [0.5, 0.6) is 0 Å². The second-order valence-corrected chi connectivity index (χ2v) is 11.4. The van der Waals surface area contributed by atoms with Crippen LogP contribution in [0.1, 0.15) is 52.8 Å². The fraction of sp³-hybridized carbons (Fsp3) is 0.536. The summed E-state index contributed by atoms with van der Waals surface area (Å²) >= 11 is 0. The van der Waals surface area contributed by atoms with Crippen molar-refractivity contribution in [2.24, 2.45) is 0 Å². The third-order valence-electron chi connectivity index (χ3n) is 7.21. The molecule has 11 heteroatoms. The van der Waals surface area contributed by atoms with Crippen molar-refractivity contribution in [3.05, 3.63) is 48.4 Å². The minimum Gasteiger partial charge on any atom is -0.387 e. The third kappa shape index (κ3) is 6.67. The standard InChI is InChI=1S/C28H41N7O4/c1-17(2)34(13-6-12-30-27(38)33-19-9-7-18(8-10-19)28(3,4)5)15-21-22(36)23(37)26(39-21)35-14-11-20-24(29)31-16-32-25(20)35/h7-11,14,16-17,21-23,26,36-37H,6,12-13,15H2,1-5H3,(H2,29,31,32)(H2,30,33,38)/t21-,22?,23?,26?/m1/s1. The number of nitrogens with one attached hydrogen (secondary N) is 2. The van der Waals surface area contributed by atoms with Gasteiger partial charge in [0, 0.05) is 37.6 Å². The molecule has 39 heavy (non-hydrogen) atoms. The van der Waals surface area contributed by atoms with Crippen LogP contribution in [0.15, 0.2) is 42.9 Å². The molecule has 1 aliphatic heterocycles. The first-order valence-corrected chi connectivity index (χ1v) is 13.4. The predicted molar refractivity (Wildman–Crippen MR) is 151 cm³/mol. The molecule has 1 aliphatic rings. The topological polar surface area (TPSA) is 151 Å². The Hall–Kier alpha value is -3.25. The maximum Gasteiger partial charge on any atom is 0.319 e. The minimum absolute atomic E-state index is 0.0573. The molecule has 0 spiro atoms. The number of ether oxygens (including phenoxy) is 1. The molecule has 212 valence electrons. The first kappa shape index (κ1) is 28.8. The summed E-state index contributed by atoms with van der Waals surface area (Å²) in [6, 6.07) is 9.57. The number of nitrogens with two attached hydrogens (primary N) is 1. The van der Waals surface area contributed by atoms with Gasteiger partial charge in [-0.15, -0.1) is 0 Å². The zero-order chi connectivity index (χ0) is 28.3. The number of hydrogen-bond donors (Lipinski definition) is 5. The van der Waals surface area contributed by atoms with E-state index in [1.54, 1.807) is 16.8 Å². The molecule has 2 aromatic heterocycles. The van der Waals surface area contributed by atoms with Crippen molar-refractivity contribution in [3.8, 4) is 0 Å². The summed E-state index contributed by atoms with van der Waals surface area (Å²) in [6.45, 7) is 12.2. The lowest BCUT2D eigenvalue weighted by Gasteiger charge is -2.30. The molecule has 0 radical (unpaired) electrons. The lowest BCUT2D eigenvalue weighted by Crippen LogP contribution is -2.44. The highest BCUT2D eigenvalue weighted by Crippen LogP contribution is 2.33. The van der Waals surface area contributed by atoms with Gasteiger partial charge in [-0.2, -0.15) is 0 Å². The number of benzene rings is 1. The number of rotatable bonds is 9. The molecular weight excluding hydrogens is 498 g/mol. The molecule has 4 atom stereocenters. The van der Waals surface area contributed by atoms with E-state index in [0.717, 1.165) is 5.69 Å². The highest BCUT2D eigenvalue weighted by molar-refractivity contribution is 5.89.